The van der Waals surface area contributed by atoms with Crippen LogP contribution in [0.2, 0.25) is 5.02 Å². The van der Waals surface area contributed by atoms with E-state index in [1.807, 2.05) is 0 Å². The number of hydrazone groups is 1. The number of aromatic amines is 1. The number of rotatable bonds is 7. The Morgan fingerprint density at radius 3 is 2.89 bits per heavy atom. The summed E-state index contributed by atoms with van der Waals surface area (Å²) in [5.41, 5.74) is 3.36. The molecular weight excluding hydrogens is 387 g/mol. The molecule has 0 aliphatic carbocycles. The van der Waals surface area contributed by atoms with Gasteiger partial charge in [-0.15, -0.1) is 0 Å². The van der Waals surface area contributed by atoms with Gasteiger partial charge in [0, 0.05) is 11.1 Å². The van der Waals surface area contributed by atoms with Gasteiger partial charge in [0.05, 0.1) is 19.5 Å². The Morgan fingerprint density at radius 2 is 2.11 bits per heavy atom. The van der Waals surface area contributed by atoms with Gasteiger partial charge < -0.3 is 9.47 Å². The highest BCUT2D eigenvalue weighted by Crippen LogP contribution is 2.31. The SMILES string of the molecule is COc1cccc(/C=N/Nc2cn[nH]c(=O)c2Cl)c1OCc1ccccc1F. The predicted octanol–water partition coefficient (Wildman–Crippen LogP) is 3.60. The van der Waals surface area contributed by atoms with E-state index in [-0.39, 0.29) is 23.1 Å². The molecule has 0 aliphatic rings. The molecule has 7 nitrogen and oxygen atoms in total. The molecule has 28 heavy (non-hydrogen) atoms. The first kappa shape index (κ1) is 19.4. The maximum absolute atomic E-state index is 13.8. The van der Waals surface area contributed by atoms with Crippen molar-refractivity contribution < 1.29 is 13.9 Å². The van der Waals surface area contributed by atoms with E-state index >= 15 is 0 Å². The van der Waals surface area contributed by atoms with Gasteiger partial charge in [-0.3, -0.25) is 10.2 Å². The van der Waals surface area contributed by atoms with Crippen molar-refractivity contribution in [3.05, 3.63) is 81.0 Å². The molecule has 2 N–H and O–H groups in total. The van der Waals surface area contributed by atoms with Gasteiger partial charge in [0.15, 0.2) is 11.5 Å². The molecule has 0 radical (unpaired) electrons. The monoisotopic (exact) mass is 402 g/mol. The number of nitrogens with one attached hydrogen (secondary N) is 2. The quantitative estimate of drug-likeness (QED) is 0.465. The van der Waals surface area contributed by atoms with Gasteiger partial charge in [-0.25, -0.2) is 9.49 Å². The van der Waals surface area contributed by atoms with Crippen molar-refractivity contribution in [2.45, 2.75) is 6.61 Å². The van der Waals surface area contributed by atoms with Crippen LogP contribution >= 0.6 is 11.6 Å². The zero-order chi connectivity index (χ0) is 19.9. The van der Waals surface area contributed by atoms with E-state index in [0.29, 0.717) is 22.6 Å². The van der Waals surface area contributed by atoms with Gasteiger partial charge in [0.25, 0.3) is 5.56 Å². The van der Waals surface area contributed by atoms with E-state index in [1.165, 1.54) is 25.6 Å². The number of nitrogens with zero attached hydrogens (tertiary/aromatic N) is 2. The number of hydrogen-bond donors (Lipinski definition) is 2. The predicted molar refractivity (Wildman–Crippen MR) is 105 cm³/mol. The van der Waals surface area contributed by atoms with Crippen molar-refractivity contribution in [1.82, 2.24) is 10.2 Å². The number of anilines is 1. The molecule has 3 rings (SSSR count). The van der Waals surface area contributed by atoms with Crippen LogP contribution in [0.5, 0.6) is 11.5 Å². The van der Waals surface area contributed by atoms with Crippen LogP contribution in [-0.4, -0.2) is 23.5 Å². The van der Waals surface area contributed by atoms with Gasteiger partial charge in [0.1, 0.15) is 23.1 Å². The van der Waals surface area contributed by atoms with Crippen LogP contribution in [0, 0.1) is 5.82 Å². The zero-order valence-corrected chi connectivity index (χ0v) is 15.5. The molecule has 0 saturated carbocycles. The first-order valence-corrected chi connectivity index (χ1v) is 8.53. The van der Waals surface area contributed by atoms with Gasteiger partial charge in [-0.2, -0.15) is 10.2 Å². The number of methoxy groups -OCH3 is 1. The lowest BCUT2D eigenvalue weighted by Gasteiger charge is -2.13. The number of benzene rings is 2. The van der Waals surface area contributed by atoms with Crippen LogP contribution in [0.1, 0.15) is 11.1 Å². The first-order chi connectivity index (χ1) is 13.6. The summed E-state index contributed by atoms with van der Waals surface area (Å²) >= 11 is 5.89. The number of para-hydroxylation sites is 1. The Balaban J connectivity index is 1.81. The Labute approximate surface area is 164 Å². The molecule has 9 heteroatoms. The molecule has 0 amide bonds. The number of halogens is 2. The summed E-state index contributed by atoms with van der Waals surface area (Å²) in [7, 11) is 1.51. The molecule has 0 unspecified atom stereocenters. The summed E-state index contributed by atoms with van der Waals surface area (Å²) < 4.78 is 25.0. The summed E-state index contributed by atoms with van der Waals surface area (Å²) in [6.07, 6.45) is 2.80. The molecule has 1 aromatic heterocycles. The Morgan fingerprint density at radius 1 is 1.29 bits per heavy atom. The molecule has 1 heterocycles. The lowest BCUT2D eigenvalue weighted by atomic mass is 10.2. The van der Waals surface area contributed by atoms with E-state index in [9.17, 15) is 9.18 Å². The average Bonchev–Trinajstić information content (AvgIpc) is 2.71. The van der Waals surface area contributed by atoms with Gasteiger partial charge >= 0.3 is 0 Å². The van der Waals surface area contributed by atoms with Crippen LogP contribution in [0.15, 0.2) is 58.6 Å². The van der Waals surface area contributed by atoms with Crippen LogP contribution in [-0.2, 0) is 6.61 Å². The highest BCUT2D eigenvalue weighted by atomic mass is 35.5. The van der Waals surface area contributed by atoms with Crippen LogP contribution in [0.3, 0.4) is 0 Å². The first-order valence-electron chi connectivity index (χ1n) is 8.15. The largest absolute Gasteiger partial charge is 0.493 e. The second-order valence-corrected chi connectivity index (χ2v) is 5.93. The Kier molecular flexibility index (Phi) is 6.23. The van der Waals surface area contributed by atoms with Gasteiger partial charge in [-0.05, 0) is 18.2 Å². The molecule has 144 valence electrons. The highest BCUT2D eigenvalue weighted by molar-refractivity contribution is 6.32. The average molecular weight is 403 g/mol. The van der Waals surface area contributed by atoms with E-state index in [1.54, 1.807) is 36.4 Å². The minimum atomic E-state index is -0.530. The standard InChI is InChI=1S/C19H16ClFN4O3/c1-27-16-8-4-6-12(9-22-24-15-10-23-25-19(26)17(15)20)18(16)28-11-13-5-2-3-7-14(13)21/h2-10H,11H2,1H3,(H2,24,25,26)/b22-9+. The third kappa shape index (κ3) is 4.47. The number of H-pyrrole nitrogens is 1. The summed E-state index contributed by atoms with van der Waals surface area (Å²) in [5, 5.41) is 9.86. The lowest BCUT2D eigenvalue weighted by molar-refractivity contribution is 0.279. The normalized spacial score (nSPS) is 10.8. The Hall–Kier alpha value is -3.39. The maximum Gasteiger partial charge on any atom is 0.285 e. The van der Waals surface area contributed by atoms with Crippen LogP contribution < -0.4 is 20.5 Å². The number of aromatic nitrogens is 2. The van der Waals surface area contributed by atoms with Crippen LogP contribution in [0.4, 0.5) is 10.1 Å². The van der Waals surface area contributed by atoms with Crippen molar-refractivity contribution in [2.24, 2.45) is 5.10 Å². The van der Waals surface area contributed by atoms with Gasteiger partial charge in [-0.1, -0.05) is 35.9 Å². The zero-order valence-electron chi connectivity index (χ0n) is 14.8. The molecule has 0 spiro atoms. The topological polar surface area (TPSA) is 88.6 Å². The van der Waals surface area contributed by atoms with E-state index in [2.05, 4.69) is 20.7 Å². The summed E-state index contributed by atoms with van der Waals surface area (Å²) in [5.74, 6) is 0.510. The van der Waals surface area contributed by atoms with Crippen molar-refractivity contribution in [2.75, 3.05) is 12.5 Å². The second kappa shape index (κ2) is 9.01. The van der Waals surface area contributed by atoms with Crippen molar-refractivity contribution in [3.8, 4) is 11.5 Å². The highest BCUT2D eigenvalue weighted by Gasteiger charge is 2.11. The number of hydrogen-bond acceptors (Lipinski definition) is 6. The number of ether oxygens (including phenoxy) is 2. The third-order valence-electron chi connectivity index (χ3n) is 3.74. The molecule has 0 aliphatic heterocycles. The van der Waals surface area contributed by atoms with E-state index in [4.69, 9.17) is 21.1 Å². The molecule has 0 saturated heterocycles. The van der Waals surface area contributed by atoms with Gasteiger partial charge in [0.2, 0.25) is 0 Å². The molecular formula is C19H16ClFN4O3. The minimum Gasteiger partial charge on any atom is -0.493 e. The maximum atomic E-state index is 13.8. The van der Waals surface area contributed by atoms with E-state index in [0.717, 1.165) is 0 Å². The second-order valence-electron chi connectivity index (χ2n) is 5.56. The van der Waals surface area contributed by atoms with Crippen molar-refractivity contribution in [3.63, 3.8) is 0 Å². The summed E-state index contributed by atoms with van der Waals surface area (Å²) in [6, 6.07) is 11.6. The van der Waals surface area contributed by atoms with Crippen molar-refractivity contribution >= 4 is 23.5 Å². The van der Waals surface area contributed by atoms with E-state index < -0.39 is 5.56 Å². The third-order valence-corrected chi connectivity index (χ3v) is 4.12. The fourth-order valence-corrected chi connectivity index (χ4v) is 2.48. The summed E-state index contributed by atoms with van der Waals surface area (Å²) in [4.78, 5) is 11.4. The molecule has 0 atom stereocenters. The molecule has 2 aromatic carbocycles. The smallest absolute Gasteiger partial charge is 0.285 e. The molecule has 3 aromatic rings. The fourth-order valence-electron chi connectivity index (χ4n) is 2.35. The Bertz CT molecular complexity index is 1060. The minimum absolute atomic E-state index is 0.0190. The van der Waals surface area contributed by atoms with Crippen molar-refractivity contribution in [1.29, 1.82) is 0 Å². The summed E-state index contributed by atoms with van der Waals surface area (Å²) in [6.45, 7) is 0.0190. The fraction of sp³-hybridized carbons (Fsp3) is 0.105. The van der Waals surface area contributed by atoms with Crippen LogP contribution in [0.25, 0.3) is 0 Å². The molecule has 0 bridgehead atoms. The lowest BCUT2D eigenvalue weighted by Crippen LogP contribution is -2.10. The molecule has 0 fully saturated rings.